The summed E-state index contributed by atoms with van der Waals surface area (Å²) < 4.78 is 39.6. The number of imide groups is 2. The standard InChI is InChI=1S/C51H58ClN7O13S2/c1-51(2,3)72-50(68)46-44(71-28-41(63)64)43(52)45(73-46)31-12-9-14-34(26-31)55-32-20-23-58(24-21-32)74(69,70)29-30-11-8-13-33(25-30)56-38(60)17-6-4-5-7-22-53-40(62)27-54-36-16-10-15-35-42(36)49(67)59(48(35)66)37-18-19-39(61)57-47(37)65/h8-16,25-26,32,37,54-55H,4-7,17-24,27-29H2,1-3H3,(H,53,62)(H,56,60)(H,63,64)(H,57,61,65). The Bertz CT molecular complexity index is 2950. The average molecular weight is 1080 g/mol. The van der Waals surface area contributed by atoms with E-state index in [0.29, 0.717) is 67.0 Å². The number of rotatable bonds is 22. The molecule has 0 bridgehead atoms. The van der Waals surface area contributed by atoms with Crippen molar-refractivity contribution in [1.29, 1.82) is 0 Å². The second kappa shape index (κ2) is 24.0. The molecule has 0 radical (unpaired) electrons. The number of esters is 1. The van der Waals surface area contributed by atoms with E-state index >= 15 is 0 Å². The van der Waals surface area contributed by atoms with Crippen LogP contribution in [0, 0.1) is 0 Å². The lowest BCUT2D eigenvalue weighted by Crippen LogP contribution is -2.54. The van der Waals surface area contributed by atoms with Gasteiger partial charge in [-0.25, -0.2) is 22.3 Å². The largest absolute Gasteiger partial charge is 0.479 e. The molecule has 2 saturated heterocycles. The Balaban J connectivity index is 0.801. The predicted molar refractivity (Wildman–Crippen MR) is 277 cm³/mol. The van der Waals surface area contributed by atoms with Crippen LogP contribution in [0.25, 0.3) is 10.4 Å². The molecular weight excluding hydrogens is 1020 g/mol. The molecule has 74 heavy (non-hydrogen) atoms. The van der Waals surface area contributed by atoms with Gasteiger partial charge in [0.2, 0.25) is 33.7 Å². The lowest BCUT2D eigenvalue weighted by molar-refractivity contribution is -0.139. The number of nitrogens with zero attached hydrogens (tertiary/aromatic N) is 2. The summed E-state index contributed by atoms with van der Waals surface area (Å²) in [6.07, 6.45) is 4.07. The Morgan fingerprint density at radius 1 is 0.878 bits per heavy atom. The molecule has 394 valence electrons. The van der Waals surface area contributed by atoms with Crippen LogP contribution in [0.2, 0.25) is 5.02 Å². The number of ether oxygens (including phenoxy) is 2. The highest BCUT2D eigenvalue weighted by Gasteiger charge is 2.45. The van der Waals surface area contributed by atoms with Crippen LogP contribution in [0.3, 0.4) is 0 Å². The minimum Gasteiger partial charge on any atom is -0.479 e. The van der Waals surface area contributed by atoms with Crippen molar-refractivity contribution < 1.29 is 61.4 Å². The van der Waals surface area contributed by atoms with Crippen LogP contribution in [-0.4, -0.2) is 121 Å². The van der Waals surface area contributed by atoms with Crippen LogP contribution >= 0.6 is 22.9 Å². The molecule has 4 heterocycles. The molecule has 3 aliphatic rings. The molecule has 1 aromatic heterocycles. The number of unbranched alkanes of at least 4 members (excludes halogenated alkanes) is 3. The number of amides is 6. The van der Waals surface area contributed by atoms with E-state index in [1.54, 1.807) is 63.2 Å². The molecule has 6 N–H and O–H groups in total. The lowest BCUT2D eigenvalue weighted by atomic mass is 10.0. The van der Waals surface area contributed by atoms with Gasteiger partial charge in [0.15, 0.2) is 17.2 Å². The van der Waals surface area contributed by atoms with E-state index in [2.05, 4.69) is 26.6 Å². The van der Waals surface area contributed by atoms with Crippen LogP contribution in [0.5, 0.6) is 5.75 Å². The number of carbonyl (C=O) groups is 8. The van der Waals surface area contributed by atoms with E-state index in [-0.39, 0.29) is 81.9 Å². The van der Waals surface area contributed by atoms with Gasteiger partial charge in [-0.15, -0.1) is 11.3 Å². The summed E-state index contributed by atoms with van der Waals surface area (Å²) in [5, 5.41) is 23.5. The van der Waals surface area contributed by atoms with Crippen molar-refractivity contribution in [2.24, 2.45) is 0 Å². The van der Waals surface area contributed by atoms with Gasteiger partial charge in [0.1, 0.15) is 16.7 Å². The molecule has 7 rings (SSSR count). The summed E-state index contributed by atoms with van der Waals surface area (Å²) in [5.41, 5.74) is 2.04. The van der Waals surface area contributed by atoms with Crippen LogP contribution in [0.1, 0.15) is 115 Å². The number of piperidine rings is 2. The fourth-order valence-corrected chi connectivity index (χ4v) is 11.7. The van der Waals surface area contributed by atoms with Gasteiger partial charge >= 0.3 is 11.9 Å². The molecule has 20 nitrogen and oxygen atoms in total. The summed E-state index contributed by atoms with van der Waals surface area (Å²) in [4.78, 5) is 102. The molecule has 6 amide bonds. The minimum atomic E-state index is -3.70. The third-order valence-electron chi connectivity index (χ3n) is 12.2. The molecule has 0 saturated carbocycles. The summed E-state index contributed by atoms with van der Waals surface area (Å²) in [6, 6.07) is 17.5. The maximum Gasteiger partial charge on any atom is 0.352 e. The highest BCUT2D eigenvalue weighted by molar-refractivity contribution is 7.88. The maximum atomic E-state index is 13.6. The number of hydrogen-bond donors (Lipinski definition) is 6. The Morgan fingerprint density at radius 2 is 1.59 bits per heavy atom. The summed E-state index contributed by atoms with van der Waals surface area (Å²) >= 11 is 7.73. The molecule has 3 aromatic carbocycles. The molecule has 23 heteroatoms. The SMILES string of the molecule is CC(C)(C)OC(=O)c1sc(-c2cccc(NC3CCN(S(=O)(=O)Cc4cccc(NC(=O)CCCCCCNC(=O)CNc5cccc6c5C(=O)N(C5CCC(=O)NC5=O)C6=O)c4)CC3)c2)c(Cl)c1OCC(=O)O. The van der Waals surface area contributed by atoms with E-state index < -0.39 is 63.8 Å². The maximum absolute atomic E-state index is 13.6. The minimum absolute atomic E-state index is 0.00270. The number of nitrogens with one attached hydrogen (secondary N) is 5. The lowest BCUT2D eigenvalue weighted by Gasteiger charge is -2.32. The Kier molecular flexibility index (Phi) is 17.8. The molecule has 0 spiro atoms. The monoisotopic (exact) mass is 1080 g/mol. The van der Waals surface area contributed by atoms with Crippen LogP contribution < -0.4 is 31.3 Å². The number of hydrogen-bond acceptors (Lipinski definition) is 15. The van der Waals surface area contributed by atoms with E-state index in [1.165, 1.54) is 10.4 Å². The summed E-state index contributed by atoms with van der Waals surface area (Å²) in [6.45, 7) is 5.22. The van der Waals surface area contributed by atoms with Gasteiger partial charge in [-0.1, -0.05) is 54.8 Å². The van der Waals surface area contributed by atoms with E-state index in [4.69, 9.17) is 21.1 Å². The van der Waals surface area contributed by atoms with Gasteiger partial charge in [-0.3, -0.25) is 39.0 Å². The number of thiophene rings is 1. The fraction of sp³-hybridized carbons (Fsp3) is 0.412. The third kappa shape index (κ3) is 14.0. The summed E-state index contributed by atoms with van der Waals surface area (Å²) in [7, 11) is -3.70. The third-order valence-corrected chi connectivity index (χ3v) is 15.7. The number of benzene rings is 3. The number of fused-ring (bicyclic) bond motifs is 1. The zero-order valence-electron chi connectivity index (χ0n) is 41.0. The van der Waals surface area contributed by atoms with Gasteiger partial charge in [0.05, 0.1) is 28.3 Å². The first-order valence-corrected chi connectivity index (χ1v) is 27.0. The first kappa shape index (κ1) is 54.9. The Morgan fingerprint density at radius 3 is 2.32 bits per heavy atom. The average Bonchev–Trinajstić information content (AvgIpc) is 3.81. The first-order chi connectivity index (χ1) is 35.2. The quantitative estimate of drug-likeness (QED) is 0.0282. The molecule has 1 unspecified atom stereocenters. The second-order valence-corrected chi connectivity index (χ2v) is 22.4. The van der Waals surface area contributed by atoms with Gasteiger partial charge < -0.3 is 35.8 Å². The van der Waals surface area contributed by atoms with Crippen molar-refractivity contribution in [2.45, 2.75) is 102 Å². The van der Waals surface area contributed by atoms with Crippen molar-refractivity contribution in [3.05, 3.63) is 93.3 Å². The van der Waals surface area contributed by atoms with Crippen molar-refractivity contribution in [3.8, 4) is 16.2 Å². The topological polar surface area (TPSA) is 276 Å². The van der Waals surface area contributed by atoms with Crippen LogP contribution in [-0.2, 0) is 44.5 Å². The molecule has 0 aliphatic carbocycles. The van der Waals surface area contributed by atoms with Crippen molar-refractivity contribution in [3.63, 3.8) is 0 Å². The Hall–Kier alpha value is -6.88. The second-order valence-electron chi connectivity index (χ2n) is 19.0. The highest BCUT2D eigenvalue weighted by atomic mass is 35.5. The molecule has 1 atom stereocenters. The highest BCUT2D eigenvalue weighted by Crippen LogP contribution is 2.46. The first-order valence-electron chi connectivity index (χ1n) is 24.2. The normalized spacial score (nSPS) is 16.3. The number of carboxylic acid groups (broad SMARTS) is 1. The van der Waals surface area contributed by atoms with Crippen molar-refractivity contribution in [2.75, 3.05) is 48.7 Å². The Labute approximate surface area is 436 Å². The number of carboxylic acids is 1. The van der Waals surface area contributed by atoms with E-state index in [0.717, 1.165) is 34.8 Å². The zero-order chi connectivity index (χ0) is 53.3. The summed E-state index contributed by atoms with van der Waals surface area (Å²) in [5.74, 6) is -5.28. The van der Waals surface area contributed by atoms with Crippen molar-refractivity contribution >= 4 is 97.4 Å². The van der Waals surface area contributed by atoms with Crippen LogP contribution in [0.4, 0.5) is 17.1 Å². The molecule has 3 aliphatic heterocycles. The van der Waals surface area contributed by atoms with Gasteiger partial charge in [-0.05, 0) is 100 Å². The van der Waals surface area contributed by atoms with Crippen LogP contribution in [0.15, 0.2) is 66.7 Å². The molecule has 4 aromatic rings. The molecule has 2 fully saturated rings. The zero-order valence-corrected chi connectivity index (χ0v) is 43.4. The smallest absolute Gasteiger partial charge is 0.352 e. The van der Waals surface area contributed by atoms with Gasteiger partial charge in [-0.2, -0.15) is 0 Å². The number of halogens is 1. The molecular formula is C51H58ClN7O13S2. The fourth-order valence-electron chi connectivity index (χ4n) is 8.72. The number of anilines is 3. The van der Waals surface area contributed by atoms with E-state index in [9.17, 15) is 51.9 Å². The van der Waals surface area contributed by atoms with Gasteiger partial charge in [0, 0.05) is 55.6 Å². The van der Waals surface area contributed by atoms with Gasteiger partial charge in [0.25, 0.3) is 11.8 Å². The number of carbonyl (C=O) groups excluding carboxylic acids is 7. The number of aliphatic carboxylic acids is 1. The number of sulfonamides is 1. The van der Waals surface area contributed by atoms with Crippen molar-refractivity contribution in [1.82, 2.24) is 19.8 Å². The van der Waals surface area contributed by atoms with E-state index in [1.807, 2.05) is 18.2 Å². The predicted octanol–water partition coefficient (Wildman–Crippen LogP) is 6.41.